The van der Waals surface area contributed by atoms with Crippen molar-refractivity contribution in [1.82, 2.24) is 9.62 Å². The molecular formula is C20H23FN2O5S. The van der Waals surface area contributed by atoms with Crippen LogP contribution in [-0.2, 0) is 14.8 Å². The van der Waals surface area contributed by atoms with Gasteiger partial charge < -0.3 is 14.1 Å². The van der Waals surface area contributed by atoms with Crippen LogP contribution in [0.25, 0.3) is 6.08 Å². The third-order valence-electron chi connectivity index (χ3n) is 4.86. The van der Waals surface area contributed by atoms with Crippen LogP contribution in [0.2, 0.25) is 0 Å². The first-order valence-electron chi connectivity index (χ1n) is 9.23. The van der Waals surface area contributed by atoms with Gasteiger partial charge in [-0.1, -0.05) is 0 Å². The van der Waals surface area contributed by atoms with Crippen LogP contribution < -0.4 is 9.46 Å². The van der Waals surface area contributed by atoms with Crippen molar-refractivity contribution in [3.8, 4) is 5.75 Å². The Labute approximate surface area is 169 Å². The van der Waals surface area contributed by atoms with Crippen LogP contribution in [0, 0.1) is 11.7 Å². The highest BCUT2D eigenvalue weighted by atomic mass is 32.2. The van der Waals surface area contributed by atoms with E-state index in [1.807, 2.05) is 0 Å². The van der Waals surface area contributed by atoms with Gasteiger partial charge >= 0.3 is 0 Å². The fourth-order valence-corrected chi connectivity index (χ4v) is 4.26. The number of ether oxygens (including phenoxy) is 1. The molecule has 0 bridgehead atoms. The van der Waals surface area contributed by atoms with Gasteiger partial charge in [0, 0.05) is 25.7 Å². The van der Waals surface area contributed by atoms with Crippen LogP contribution in [0.1, 0.15) is 18.6 Å². The Hall–Kier alpha value is -2.65. The van der Waals surface area contributed by atoms with Gasteiger partial charge in [-0.3, -0.25) is 4.79 Å². The van der Waals surface area contributed by atoms with Gasteiger partial charge in [0.05, 0.1) is 18.3 Å². The van der Waals surface area contributed by atoms with Gasteiger partial charge in [0.25, 0.3) is 0 Å². The molecule has 1 fully saturated rings. The molecule has 2 aromatic rings. The van der Waals surface area contributed by atoms with Crippen molar-refractivity contribution in [3.63, 3.8) is 0 Å². The molecule has 1 N–H and O–H groups in total. The number of nitrogens with one attached hydrogen (secondary N) is 1. The number of halogens is 1. The molecule has 0 radical (unpaired) electrons. The first-order valence-corrected chi connectivity index (χ1v) is 10.7. The fraction of sp³-hybridized carbons (Fsp3) is 0.350. The second-order valence-electron chi connectivity index (χ2n) is 6.77. The number of hydrogen-bond donors (Lipinski definition) is 1. The summed E-state index contributed by atoms with van der Waals surface area (Å²) in [5.74, 6) is -0.135. The number of piperidine rings is 1. The number of methoxy groups -OCH3 is 1. The zero-order chi connectivity index (χ0) is 20.9. The summed E-state index contributed by atoms with van der Waals surface area (Å²) in [4.78, 5) is 13.8. The Kier molecular flexibility index (Phi) is 6.71. The van der Waals surface area contributed by atoms with Crippen LogP contribution in [0.3, 0.4) is 0 Å². The molecule has 0 aliphatic carbocycles. The van der Waals surface area contributed by atoms with Gasteiger partial charge in [-0.15, -0.1) is 0 Å². The average molecular weight is 422 g/mol. The van der Waals surface area contributed by atoms with Gasteiger partial charge in [0.15, 0.2) is 11.6 Å². The fourth-order valence-electron chi connectivity index (χ4n) is 3.13. The highest BCUT2D eigenvalue weighted by Gasteiger charge is 2.24. The maximum Gasteiger partial charge on any atom is 0.246 e. The third kappa shape index (κ3) is 5.45. The zero-order valence-electron chi connectivity index (χ0n) is 16.0. The molecular weight excluding hydrogens is 399 g/mol. The second-order valence-corrected chi connectivity index (χ2v) is 8.53. The minimum absolute atomic E-state index is 0.0120. The van der Waals surface area contributed by atoms with Gasteiger partial charge in [0.2, 0.25) is 15.9 Å². The van der Waals surface area contributed by atoms with Crippen LogP contribution in [0.5, 0.6) is 5.75 Å². The van der Waals surface area contributed by atoms with Crippen molar-refractivity contribution >= 4 is 22.0 Å². The summed E-state index contributed by atoms with van der Waals surface area (Å²) in [6.45, 7) is 1.33. The van der Waals surface area contributed by atoms with Crippen molar-refractivity contribution in [2.24, 2.45) is 5.92 Å². The first kappa shape index (κ1) is 21.1. The van der Waals surface area contributed by atoms with E-state index in [1.54, 1.807) is 23.1 Å². The third-order valence-corrected chi connectivity index (χ3v) is 6.28. The maximum absolute atomic E-state index is 13.8. The van der Waals surface area contributed by atoms with E-state index in [1.165, 1.54) is 31.6 Å². The van der Waals surface area contributed by atoms with E-state index in [0.717, 1.165) is 6.07 Å². The number of hydrogen-bond acceptors (Lipinski definition) is 5. The minimum atomic E-state index is -3.82. The standard InChI is InChI=1S/C20H23FN2O5S/c1-27-19-6-5-17(13-18(19)21)29(25,26)22-14-15-8-10-23(11-9-15)20(24)7-4-16-3-2-12-28-16/h2-7,12-13,15,22H,8-11,14H2,1H3/b7-4+. The summed E-state index contributed by atoms with van der Waals surface area (Å²) in [7, 11) is -2.50. The molecule has 0 unspecified atom stereocenters. The number of sulfonamides is 1. The highest BCUT2D eigenvalue weighted by molar-refractivity contribution is 7.89. The summed E-state index contributed by atoms with van der Waals surface area (Å²) in [6, 6.07) is 7.03. The topological polar surface area (TPSA) is 88.9 Å². The molecule has 1 aliphatic heterocycles. The van der Waals surface area contributed by atoms with Gasteiger partial charge in [-0.2, -0.15) is 0 Å². The first-order chi connectivity index (χ1) is 13.9. The van der Waals surface area contributed by atoms with E-state index in [9.17, 15) is 17.6 Å². The summed E-state index contributed by atoms with van der Waals surface area (Å²) >= 11 is 0. The highest BCUT2D eigenvalue weighted by Crippen LogP contribution is 2.22. The second kappa shape index (κ2) is 9.23. The number of carbonyl (C=O) groups excluding carboxylic acids is 1. The van der Waals surface area contributed by atoms with E-state index >= 15 is 0 Å². The van der Waals surface area contributed by atoms with Crippen molar-refractivity contribution in [1.29, 1.82) is 0 Å². The van der Waals surface area contributed by atoms with Gasteiger partial charge in [-0.05, 0) is 55.2 Å². The maximum atomic E-state index is 13.8. The predicted molar refractivity (Wildman–Crippen MR) is 105 cm³/mol. The molecule has 9 heteroatoms. The number of carbonyl (C=O) groups is 1. The van der Waals surface area contributed by atoms with Crippen molar-refractivity contribution < 1.29 is 26.8 Å². The molecule has 1 saturated heterocycles. The average Bonchev–Trinajstić information content (AvgIpc) is 3.24. The zero-order valence-corrected chi connectivity index (χ0v) is 16.8. The van der Waals surface area contributed by atoms with E-state index in [-0.39, 0.29) is 29.0 Å². The number of benzene rings is 1. The normalized spacial score (nSPS) is 15.7. The van der Waals surface area contributed by atoms with Gasteiger partial charge in [0.1, 0.15) is 5.76 Å². The summed E-state index contributed by atoms with van der Waals surface area (Å²) in [5.41, 5.74) is 0. The Bertz CT molecular complexity index is 965. The van der Waals surface area contributed by atoms with Crippen LogP contribution in [-0.4, -0.2) is 46.0 Å². The number of nitrogens with zero attached hydrogens (tertiary/aromatic N) is 1. The van der Waals surface area contributed by atoms with Crippen molar-refractivity contribution in [2.45, 2.75) is 17.7 Å². The van der Waals surface area contributed by atoms with Crippen LogP contribution >= 0.6 is 0 Å². The summed E-state index contributed by atoms with van der Waals surface area (Å²) in [5, 5.41) is 0. The molecule has 3 rings (SSSR count). The molecule has 2 heterocycles. The Balaban J connectivity index is 1.49. The number of amides is 1. The van der Waals surface area contributed by atoms with Crippen molar-refractivity contribution in [2.75, 3.05) is 26.7 Å². The summed E-state index contributed by atoms with van der Waals surface area (Å²) < 4.78 is 51.1. The van der Waals surface area contributed by atoms with E-state index in [4.69, 9.17) is 9.15 Å². The van der Waals surface area contributed by atoms with E-state index < -0.39 is 15.8 Å². The van der Waals surface area contributed by atoms with Crippen molar-refractivity contribution in [3.05, 3.63) is 54.2 Å². The number of rotatable bonds is 7. The van der Waals surface area contributed by atoms with E-state index in [0.29, 0.717) is 31.7 Å². The quantitative estimate of drug-likeness (QED) is 0.693. The molecule has 1 amide bonds. The lowest BCUT2D eigenvalue weighted by atomic mass is 9.97. The number of likely N-dealkylation sites (tertiary alicyclic amines) is 1. The molecule has 0 spiro atoms. The molecule has 29 heavy (non-hydrogen) atoms. The lowest BCUT2D eigenvalue weighted by molar-refractivity contribution is -0.127. The lowest BCUT2D eigenvalue weighted by Crippen LogP contribution is -2.40. The Morgan fingerprint density at radius 3 is 2.72 bits per heavy atom. The predicted octanol–water partition coefficient (Wildman–Crippen LogP) is 2.66. The molecule has 1 aromatic carbocycles. The lowest BCUT2D eigenvalue weighted by Gasteiger charge is -2.31. The Morgan fingerprint density at radius 1 is 1.34 bits per heavy atom. The number of furan rings is 1. The smallest absolute Gasteiger partial charge is 0.246 e. The molecule has 0 atom stereocenters. The minimum Gasteiger partial charge on any atom is -0.494 e. The molecule has 1 aliphatic rings. The largest absolute Gasteiger partial charge is 0.494 e. The molecule has 0 saturated carbocycles. The molecule has 1 aromatic heterocycles. The van der Waals surface area contributed by atoms with E-state index in [2.05, 4.69) is 4.72 Å². The molecule has 7 nitrogen and oxygen atoms in total. The van der Waals surface area contributed by atoms with Crippen LogP contribution in [0.15, 0.2) is 52.0 Å². The monoisotopic (exact) mass is 422 g/mol. The van der Waals surface area contributed by atoms with Gasteiger partial charge in [-0.25, -0.2) is 17.5 Å². The Morgan fingerprint density at radius 2 is 2.10 bits per heavy atom. The molecule has 156 valence electrons. The SMILES string of the molecule is COc1ccc(S(=O)(=O)NCC2CCN(C(=O)/C=C/c3ccco3)CC2)cc1F. The summed E-state index contributed by atoms with van der Waals surface area (Å²) in [6.07, 6.45) is 5.99. The van der Waals surface area contributed by atoms with Crippen LogP contribution in [0.4, 0.5) is 4.39 Å².